The van der Waals surface area contributed by atoms with Crippen molar-refractivity contribution in [1.29, 1.82) is 0 Å². The predicted molar refractivity (Wildman–Crippen MR) is 124 cm³/mol. The third-order valence-electron chi connectivity index (χ3n) is 6.02. The van der Waals surface area contributed by atoms with Crippen LogP contribution in [-0.4, -0.2) is 10.2 Å². The van der Waals surface area contributed by atoms with Crippen molar-refractivity contribution >= 4 is 0 Å². The molecule has 0 aliphatic heterocycles. The first-order valence-corrected chi connectivity index (χ1v) is 11.8. The summed E-state index contributed by atoms with van der Waals surface area (Å²) in [7, 11) is 0. The fourth-order valence-electron chi connectivity index (χ4n) is 4.24. The summed E-state index contributed by atoms with van der Waals surface area (Å²) in [5.41, 5.74) is 2.21. The van der Waals surface area contributed by atoms with Crippen LogP contribution < -0.4 is 0 Å². The van der Waals surface area contributed by atoms with Gasteiger partial charge in [0.15, 0.2) is 0 Å². The van der Waals surface area contributed by atoms with Crippen LogP contribution in [0.25, 0.3) is 0 Å². The van der Waals surface area contributed by atoms with Crippen LogP contribution in [0.1, 0.15) is 101 Å². The minimum Gasteiger partial charge on any atom is -0.508 e. The van der Waals surface area contributed by atoms with Crippen LogP contribution in [0.15, 0.2) is 48.5 Å². The Morgan fingerprint density at radius 3 is 1.83 bits per heavy atom. The minimum atomic E-state index is 0.428. The molecule has 1 atom stereocenters. The van der Waals surface area contributed by atoms with Crippen molar-refractivity contribution in [1.82, 2.24) is 0 Å². The summed E-state index contributed by atoms with van der Waals surface area (Å²) in [6.45, 7) is 2.26. The molecule has 0 amide bonds. The lowest BCUT2D eigenvalue weighted by atomic mass is 9.87. The first kappa shape index (κ1) is 23.3. The van der Waals surface area contributed by atoms with E-state index in [0.29, 0.717) is 17.4 Å². The molecular formula is C27H40O2. The first-order chi connectivity index (χ1) is 14.2. The van der Waals surface area contributed by atoms with Gasteiger partial charge in [-0.15, -0.1) is 0 Å². The third kappa shape index (κ3) is 8.94. The third-order valence-corrected chi connectivity index (χ3v) is 6.02. The Morgan fingerprint density at radius 2 is 1.17 bits per heavy atom. The van der Waals surface area contributed by atoms with E-state index in [1.165, 1.54) is 70.6 Å². The number of aryl methyl sites for hydroxylation is 1. The SMILES string of the molecule is CCCCCCCC(CCCCCCCc1ccccc1O)c1ccccc1O. The van der Waals surface area contributed by atoms with Crippen molar-refractivity contribution < 1.29 is 10.2 Å². The van der Waals surface area contributed by atoms with Crippen molar-refractivity contribution in [2.75, 3.05) is 0 Å². The Balaban J connectivity index is 1.68. The molecule has 0 saturated carbocycles. The lowest BCUT2D eigenvalue weighted by Gasteiger charge is -2.18. The van der Waals surface area contributed by atoms with Gasteiger partial charge in [0.1, 0.15) is 11.5 Å². The van der Waals surface area contributed by atoms with E-state index in [9.17, 15) is 10.2 Å². The zero-order valence-electron chi connectivity index (χ0n) is 18.3. The van der Waals surface area contributed by atoms with Crippen molar-refractivity contribution in [2.24, 2.45) is 0 Å². The van der Waals surface area contributed by atoms with E-state index in [1.807, 2.05) is 30.3 Å². The second-order valence-corrected chi connectivity index (χ2v) is 8.39. The Morgan fingerprint density at radius 1 is 0.621 bits per heavy atom. The van der Waals surface area contributed by atoms with Crippen LogP contribution >= 0.6 is 0 Å². The van der Waals surface area contributed by atoms with E-state index < -0.39 is 0 Å². The topological polar surface area (TPSA) is 40.5 Å². The van der Waals surface area contributed by atoms with Crippen LogP contribution in [0.5, 0.6) is 11.5 Å². The minimum absolute atomic E-state index is 0.428. The quantitative estimate of drug-likeness (QED) is 0.298. The van der Waals surface area contributed by atoms with E-state index in [1.54, 1.807) is 6.07 Å². The average Bonchev–Trinajstić information content (AvgIpc) is 2.73. The molecule has 0 heterocycles. The van der Waals surface area contributed by atoms with Gasteiger partial charge in [0, 0.05) is 0 Å². The van der Waals surface area contributed by atoms with E-state index in [-0.39, 0.29) is 0 Å². The number of hydrogen-bond acceptors (Lipinski definition) is 2. The lowest BCUT2D eigenvalue weighted by Crippen LogP contribution is -2.00. The first-order valence-electron chi connectivity index (χ1n) is 11.8. The maximum Gasteiger partial charge on any atom is 0.119 e. The van der Waals surface area contributed by atoms with Crippen LogP contribution in [0.3, 0.4) is 0 Å². The van der Waals surface area contributed by atoms with Gasteiger partial charge in [0.25, 0.3) is 0 Å². The number of hydrogen-bond donors (Lipinski definition) is 2. The molecule has 0 radical (unpaired) electrons. The number of benzene rings is 2. The number of unbranched alkanes of at least 4 members (excludes halogenated alkanes) is 8. The van der Waals surface area contributed by atoms with Crippen molar-refractivity contribution in [3.05, 3.63) is 59.7 Å². The molecule has 0 aliphatic rings. The Hall–Kier alpha value is -1.96. The summed E-state index contributed by atoms with van der Waals surface area (Å²) < 4.78 is 0. The van der Waals surface area contributed by atoms with Gasteiger partial charge in [-0.25, -0.2) is 0 Å². The number of phenolic OH excluding ortho intramolecular Hbond substituents is 2. The fraction of sp³-hybridized carbons (Fsp3) is 0.556. The number of para-hydroxylation sites is 2. The zero-order valence-corrected chi connectivity index (χ0v) is 18.3. The Kier molecular flexibility index (Phi) is 11.3. The molecule has 0 aliphatic carbocycles. The maximum absolute atomic E-state index is 10.3. The van der Waals surface area contributed by atoms with Gasteiger partial charge >= 0.3 is 0 Å². The number of rotatable bonds is 15. The van der Waals surface area contributed by atoms with Gasteiger partial charge in [-0.05, 0) is 54.9 Å². The van der Waals surface area contributed by atoms with E-state index in [4.69, 9.17) is 0 Å². The number of phenols is 2. The standard InChI is InChI=1S/C27H40O2/c1-2-3-4-6-9-16-23(25-20-13-15-22-27(25)29)17-10-7-5-8-11-18-24-19-12-14-21-26(24)28/h12-15,19-23,28-29H,2-11,16-18H2,1H3. The maximum atomic E-state index is 10.3. The monoisotopic (exact) mass is 396 g/mol. The van der Waals surface area contributed by atoms with E-state index in [0.717, 1.165) is 24.0 Å². The summed E-state index contributed by atoms with van der Waals surface area (Å²) >= 11 is 0. The van der Waals surface area contributed by atoms with Gasteiger partial charge < -0.3 is 10.2 Å². The molecule has 0 bridgehead atoms. The molecule has 2 rings (SSSR count). The molecule has 2 aromatic carbocycles. The fourth-order valence-corrected chi connectivity index (χ4v) is 4.24. The van der Waals surface area contributed by atoms with Crippen LogP contribution in [0, 0.1) is 0 Å². The molecule has 1 unspecified atom stereocenters. The van der Waals surface area contributed by atoms with Gasteiger partial charge in [-0.1, -0.05) is 101 Å². The van der Waals surface area contributed by atoms with Gasteiger partial charge in [0.2, 0.25) is 0 Å². The zero-order chi connectivity index (χ0) is 20.7. The average molecular weight is 397 g/mol. The van der Waals surface area contributed by atoms with Crippen LogP contribution in [-0.2, 0) is 6.42 Å². The second-order valence-electron chi connectivity index (χ2n) is 8.39. The van der Waals surface area contributed by atoms with E-state index >= 15 is 0 Å². The summed E-state index contributed by atoms with van der Waals surface area (Å²) in [5.74, 6) is 1.38. The molecular weight excluding hydrogens is 356 g/mol. The highest BCUT2D eigenvalue weighted by molar-refractivity contribution is 5.35. The summed E-state index contributed by atoms with van der Waals surface area (Å²) in [4.78, 5) is 0. The largest absolute Gasteiger partial charge is 0.508 e. The molecule has 29 heavy (non-hydrogen) atoms. The molecule has 0 aromatic heterocycles. The van der Waals surface area contributed by atoms with Crippen molar-refractivity contribution in [3.63, 3.8) is 0 Å². The lowest BCUT2D eigenvalue weighted by molar-refractivity contribution is 0.438. The normalized spacial score (nSPS) is 12.2. The van der Waals surface area contributed by atoms with E-state index in [2.05, 4.69) is 19.1 Å². The smallest absolute Gasteiger partial charge is 0.119 e. The van der Waals surface area contributed by atoms with Crippen molar-refractivity contribution in [3.8, 4) is 11.5 Å². The van der Waals surface area contributed by atoms with Gasteiger partial charge in [-0.3, -0.25) is 0 Å². The summed E-state index contributed by atoms with van der Waals surface area (Å²) in [5, 5.41) is 20.1. The van der Waals surface area contributed by atoms with Crippen molar-refractivity contribution in [2.45, 2.75) is 96.3 Å². The molecule has 2 aromatic rings. The number of aromatic hydroxyl groups is 2. The molecule has 160 valence electrons. The molecule has 2 nitrogen and oxygen atoms in total. The van der Waals surface area contributed by atoms with Crippen LogP contribution in [0.2, 0.25) is 0 Å². The second kappa shape index (κ2) is 14.1. The summed E-state index contributed by atoms with van der Waals surface area (Å²) in [6.07, 6.45) is 15.9. The molecule has 0 fully saturated rings. The molecule has 0 saturated heterocycles. The highest BCUT2D eigenvalue weighted by atomic mass is 16.3. The molecule has 0 spiro atoms. The Bertz CT molecular complexity index is 680. The summed E-state index contributed by atoms with van der Waals surface area (Å²) in [6, 6.07) is 15.6. The van der Waals surface area contributed by atoms with Crippen LogP contribution in [0.4, 0.5) is 0 Å². The molecule has 2 heteroatoms. The molecule has 2 N–H and O–H groups in total. The van der Waals surface area contributed by atoms with Gasteiger partial charge in [0.05, 0.1) is 0 Å². The Labute approximate surface area is 178 Å². The van der Waals surface area contributed by atoms with Gasteiger partial charge in [-0.2, -0.15) is 0 Å². The predicted octanol–water partition coefficient (Wildman–Crippen LogP) is 8.13. The highest BCUT2D eigenvalue weighted by Crippen LogP contribution is 2.34. The highest BCUT2D eigenvalue weighted by Gasteiger charge is 2.14.